The third kappa shape index (κ3) is 2.17. The van der Waals surface area contributed by atoms with Crippen LogP contribution in [0.4, 0.5) is 0 Å². The highest BCUT2D eigenvalue weighted by Crippen LogP contribution is 2.41. The summed E-state index contributed by atoms with van der Waals surface area (Å²) < 4.78 is 0. The van der Waals surface area contributed by atoms with E-state index in [0.29, 0.717) is 6.42 Å². The molecule has 2 N–H and O–H groups in total. The van der Waals surface area contributed by atoms with Crippen LogP contribution in [-0.4, -0.2) is 21.4 Å². The number of hydrogen-bond acceptors (Lipinski definition) is 2. The summed E-state index contributed by atoms with van der Waals surface area (Å²) >= 11 is 0. The highest BCUT2D eigenvalue weighted by Gasteiger charge is 2.40. The van der Waals surface area contributed by atoms with Gasteiger partial charge in [-0.3, -0.25) is 0 Å². The molecule has 1 saturated carbocycles. The third-order valence-electron chi connectivity index (χ3n) is 2.42. The van der Waals surface area contributed by atoms with Crippen LogP contribution in [0.15, 0.2) is 0 Å². The van der Waals surface area contributed by atoms with E-state index in [-0.39, 0.29) is 0 Å². The van der Waals surface area contributed by atoms with Gasteiger partial charge in [0.2, 0.25) is 0 Å². The molecule has 1 radical (unpaired) electrons. The van der Waals surface area contributed by atoms with E-state index in [4.69, 9.17) is 0 Å². The average molecular weight is 157 g/mol. The van der Waals surface area contributed by atoms with Crippen LogP contribution in [0.1, 0.15) is 40.0 Å². The van der Waals surface area contributed by atoms with Crippen LogP contribution in [-0.2, 0) is 0 Å². The fraction of sp³-hybridized carbons (Fsp3) is 0.889. The molecule has 0 aromatic carbocycles. The van der Waals surface area contributed by atoms with Gasteiger partial charge in [-0.15, -0.1) is 0 Å². The summed E-state index contributed by atoms with van der Waals surface area (Å²) in [5.74, 6) is 1.07. The van der Waals surface area contributed by atoms with Crippen LogP contribution >= 0.6 is 0 Å². The van der Waals surface area contributed by atoms with Crippen molar-refractivity contribution in [3.63, 3.8) is 0 Å². The standard InChI is InChI=1S/C9H17O2/c1-8(2,10)7-4-5-9(3,11)6-7/h10-11H,4-6H2,1-3H3. The zero-order chi connectivity index (χ0) is 8.70. The van der Waals surface area contributed by atoms with Gasteiger partial charge in [0.25, 0.3) is 0 Å². The largest absolute Gasteiger partial charge is 0.390 e. The summed E-state index contributed by atoms with van der Waals surface area (Å²) in [6.07, 6.45) is 2.29. The van der Waals surface area contributed by atoms with Crippen LogP contribution in [0.25, 0.3) is 0 Å². The summed E-state index contributed by atoms with van der Waals surface area (Å²) in [5.41, 5.74) is -1.28. The van der Waals surface area contributed by atoms with Gasteiger partial charge in [0, 0.05) is 5.92 Å². The lowest BCUT2D eigenvalue weighted by Gasteiger charge is -2.25. The van der Waals surface area contributed by atoms with Gasteiger partial charge in [0.05, 0.1) is 11.2 Å². The molecule has 1 aliphatic rings. The van der Waals surface area contributed by atoms with Gasteiger partial charge in [-0.05, 0) is 40.0 Å². The average Bonchev–Trinajstić information content (AvgIpc) is 2.07. The Morgan fingerprint density at radius 2 is 2.00 bits per heavy atom. The maximum Gasteiger partial charge on any atom is 0.0655 e. The van der Waals surface area contributed by atoms with E-state index >= 15 is 0 Å². The fourth-order valence-corrected chi connectivity index (χ4v) is 1.58. The lowest BCUT2D eigenvalue weighted by molar-refractivity contribution is 0.0520. The van der Waals surface area contributed by atoms with Crippen molar-refractivity contribution in [3.05, 3.63) is 5.92 Å². The van der Waals surface area contributed by atoms with Crippen LogP contribution in [0.2, 0.25) is 0 Å². The molecule has 0 amide bonds. The quantitative estimate of drug-likeness (QED) is 0.601. The van der Waals surface area contributed by atoms with Crippen molar-refractivity contribution in [2.75, 3.05) is 0 Å². The summed E-state index contributed by atoms with van der Waals surface area (Å²) in [5, 5.41) is 19.2. The number of hydrogen-bond donors (Lipinski definition) is 2. The third-order valence-corrected chi connectivity index (χ3v) is 2.42. The van der Waals surface area contributed by atoms with E-state index < -0.39 is 11.2 Å². The predicted octanol–water partition coefficient (Wildman–Crippen LogP) is 1.27. The van der Waals surface area contributed by atoms with Gasteiger partial charge in [-0.2, -0.15) is 0 Å². The van der Waals surface area contributed by atoms with Crippen LogP contribution in [0.3, 0.4) is 0 Å². The van der Waals surface area contributed by atoms with Gasteiger partial charge in [0.15, 0.2) is 0 Å². The molecule has 1 rings (SSSR count). The molecule has 11 heavy (non-hydrogen) atoms. The van der Waals surface area contributed by atoms with E-state index in [2.05, 4.69) is 0 Å². The van der Waals surface area contributed by atoms with Gasteiger partial charge in [-0.1, -0.05) is 0 Å². The van der Waals surface area contributed by atoms with Crippen LogP contribution in [0.5, 0.6) is 0 Å². The molecule has 65 valence electrons. The first kappa shape index (κ1) is 9.01. The Kier molecular flexibility index (Phi) is 2.01. The first-order chi connectivity index (χ1) is 4.81. The molecule has 1 unspecified atom stereocenters. The first-order valence-corrected chi connectivity index (χ1v) is 4.11. The normalized spacial score (nSPS) is 34.6. The highest BCUT2D eigenvalue weighted by molar-refractivity contribution is 5.12. The van der Waals surface area contributed by atoms with E-state index in [1.165, 1.54) is 0 Å². The molecule has 0 aromatic rings. The molecule has 2 nitrogen and oxygen atoms in total. The fourth-order valence-electron chi connectivity index (χ4n) is 1.58. The summed E-state index contributed by atoms with van der Waals surface area (Å²) in [6.45, 7) is 5.39. The van der Waals surface area contributed by atoms with E-state index in [0.717, 1.165) is 18.8 Å². The van der Waals surface area contributed by atoms with E-state index in [1.54, 1.807) is 13.8 Å². The summed E-state index contributed by atoms with van der Waals surface area (Å²) in [6, 6.07) is 0. The molecule has 0 aromatic heterocycles. The topological polar surface area (TPSA) is 40.5 Å². The van der Waals surface area contributed by atoms with Crippen molar-refractivity contribution in [1.29, 1.82) is 0 Å². The van der Waals surface area contributed by atoms with Gasteiger partial charge >= 0.3 is 0 Å². The Morgan fingerprint density at radius 1 is 1.45 bits per heavy atom. The zero-order valence-corrected chi connectivity index (χ0v) is 7.52. The van der Waals surface area contributed by atoms with Crippen molar-refractivity contribution in [2.24, 2.45) is 0 Å². The molecule has 1 fully saturated rings. The second-order valence-corrected chi connectivity index (χ2v) is 4.34. The predicted molar refractivity (Wildman–Crippen MR) is 44.0 cm³/mol. The second-order valence-electron chi connectivity index (χ2n) is 4.34. The minimum atomic E-state index is -0.708. The minimum Gasteiger partial charge on any atom is -0.390 e. The van der Waals surface area contributed by atoms with E-state index in [9.17, 15) is 10.2 Å². The SMILES string of the molecule is CC1(O)CC[C](C(C)(C)O)C1. The molecule has 0 heterocycles. The maximum absolute atomic E-state index is 9.60. The Morgan fingerprint density at radius 3 is 2.18 bits per heavy atom. The second kappa shape index (κ2) is 2.46. The summed E-state index contributed by atoms with van der Waals surface area (Å²) in [4.78, 5) is 0. The molecular formula is C9H17O2. The zero-order valence-electron chi connectivity index (χ0n) is 7.52. The lowest BCUT2D eigenvalue weighted by Crippen LogP contribution is -2.29. The molecule has 0 saturated heterocycles. The van der Waals surface area contributed by atoms with Crippen molar-refractivity contribution in [3.8, 4) is 0 Å². The molecule has 1 atom stereocenters. The Labute approximate surface area is 68.2 Å². The summed E-state index contributed by atoms with van der Waals surface area (Å²) in [7, 11) is 0. The minimum absolute atomic E-state index is 0.574. The Balaban J connectivity index is 2.55. The van der Waals surface area contributed by atoms with Crippen molar-refractivity contribution in [2.45, 2.75) is 51.2 Å². The van der Waals surface area contributed by atoms with Gasteiger partial charge in [0.1, 0.15) is 0 Å². The molecule has 0 bridgehead atoms. The monoisotopic (exact) mass is 157 g/mol. The smallest absolute Gasteiger partial charge is 0.0655 e. The molecule has 0 spiro atoms. The van der Waals surface area contributed by atoms with Crippen molar-refractivity contribution < 1.29 is 10.2 Å². The van der Waals surface area contributed by atoms with Gasteiger partial charge in [-0.25, -0.2) is 0 Å². The molecule has 0 aliphatic heterocycles. The van der Waals surface area contributed by atoms with Crippen molar-refractivity contribution >= 4 is 0 Å². The van der Waals surface area contributed by atoms with Crippen LogP contribution in [0, 0.1) is 5.92 Å². The van der Waals surface area contributed by atoms with Gasteiger partial charge < -0.3 is 10.2 Å². The molecule has 1 aliphatic carbocycles. The van der Waals surface area contributed by atoms with Crippen LogP contribution < -0.4 is 0 Å². The Bertz CT molecular complexity index is 144. The first-order valence-electron chi connectivity index (χ1n) is 4.11. The van der Waals surface area contributed by atoms with Crippen molar-refractivity contribution in [1.82, 2.24) is 0 Å². The molecule has 2 heteroatoms. The lowest BCUT2D eigenvalue weighted by atomic mass is 9.88. The Hall–Kier alpha value is -0.0800. The number of rotatable bonds is 1. The molecular weight excluding hydrogens is 140 g/mol. The maximum atomic E-state index is 9.60. The number of aliphatic hydroxyl groups is 2. The highest BCUT2D eigenvalue weighted by atomic mass is 16.3. The van der Waals surface area contributed by atoms with E-state index in [1.807, 2.05) is 6.92 Å².